The minimum Gasteiger partial charge on any atom is -0.478 e. The highest BCUT2D eigenvalue weighted by atomic mass is 19.1. The monoisotopic (exact) mass is 297 g/mol. The molecule has 2 rings (SSSR count). The second kappa shape index (κ2) is 6.67. The number of carbonyl (C=O) groups is 1. The first kappa shape index (κ1) is 15.4. The molecule has 1 fully saturated rings. The van der Waals surface area contributed by atoms with Crippen LogP contribution in [0.3, 0.4) is 0 Å². The summed E-state index contributed by atoms with van der Waals surface area (Å²) in [5.41, 5.74) is 0.112. The molecule has 6 heteroatoms. The molecule has 0 atom stereocenters. The van der Waals surface area contributed by atoms with E-state index in [9.17, 15) is 13.6 Å². The van der Waals surface area contributed by atoms with Crippen LogP contribution in [0.15, 0.2) is 18.2 Å². The maximum atomic E-state index is 14.2. The van der Waals surface area contributed by atoms with Gasteiger partial charge in [0.2, 0.25) is 0 Å². The number of halogens is 2. The van der Waals surface area contributed by atoms with Gasteiger partial charge in [-0.05, 0) is 36.6 Å². The minimum atomic E-state index is -1.17. The average molecular weight is 297 g/mol. The number of nitrogens with zero attached hydrogens (tertiary/aromatic N) is 1. The number of carboxylic acids is 1. The fourth-order valence-electron chi connectivity index (χ4n) is 2.18. The normalized spacial score (nSPS) is 14.6. The van der Waals surface area contributed by atoms with Crippen LogP contribution in [-0.4, -0.2) is 37.4 Å². The lowest BCUT2D eigenvalue weighted by atomic mass is 10.1. The van der Waals surface area contributed by atoms with E-state index in [-0.39, 0.29) is 17.3 Å². The van der Waals surface area contributed by atoms with Crippen molar-refractivity contribution in [1.82, 2.24) is 0 Å². The van der Waals surface area contributed by atoms with E-state index in [4.69, 9.17) is 9.84 Å². The lowest BCUT2D eigenvalue weighted by molar-refractivity contribution is -0.131. The van der Waals surface area contributed by atoms with E-state index in [1.54, 1.807) is 4.90 Å². The summed E-state index contributed by atoms with van der Waals surface area (Å²) in [4.78, 5) is 12.1. The Balaban J connectivity index is 2.28. The molecule has 0 radical (unpaired) electrons. The molecule has 114 valence electrons. The summed E-state index contributed by atoms with van der Waals surface area (Å²) in [5.74, 6) is -2.55. The maximum absolute atomic E-state index is 14.2. The SMILES string of the molecule is COCCN(c1c(F)cc(C=CC(=O)O)cc1F)C1CC1. The van der Waals surface area contributed by atoms with Gasteiger partial charge in [0.05, 0.1) is 6.61 Å². The molecule has 1 saturated carbocycles. The van der Waals surface area contributed by atoms with E-state index in [1.807, 2.05) is 0 Å². The van der Waals surface area contributed by atoms with Crippen molar-refractivity contribution >= 4 is 17.7 Å². The zero-order valence-corrected chi connectivity index (χ0v) is 11.7. The van der Waals surface area contributed by atoms with E-state index < -0.39 is 17.6 Å². The number of hydrogen-bond donors (Lipinski definition) is 1. The molecule has 1 aliphatic rings. The van der Waals surface area contributed by atoms with Gasteiger partial charge in [0.15, 0.2) is 0 Å². The summed E-state index contributed by atoms with van der Waals surface area (Å²) >= 11 is 0. The van der Waals surface area contributed by atoms with Crippen LogP contribution in [0.25, 0.3) is 6.08 Å². The maximum Gasteiger partial charge on any atom is 0.328 e. The van der Waals surface area contributed by atoms with Crippen molar-refractivity contribution in [1.29, 1.82) is 0 Å². The van der Waals surface area contributed by atoms with Gasteiger partial charge in [-0.15, -0.1) is 0 Å². The number of aliphatic carboxylic acids is 1. The predicted octanol–water partition coefficient (Wildman–Crippen LogP) is 2.68. The Labute approximate surface area is 121 Å². The van der Waals surface area contributed by atoms with Crippen LogP contribution in [-0.2, 0) is 9.53 Å². The second-order valence-corrected chi connectivity index (χ2v) is 4.92. The standard InChI is InChI=1S/C15H17F2NO3/c1-21-7-6-18(11-3-4-11)15-12(16)8-10(9-13(15)17)2-5-14(19)20/h2,5,8-9,11H,3-4,6-7H2,1H3,(H,19,20). The Morgan fingerprint density at radius 2 is 2.05 bits per heavy atom. The van der Waals surface area contributed by atoms with Gasteiger partial charge in [0, 0.05) is 25.8 Å². The van der Waals surface area contributed by atoms with Crippen LogP contribution in [0.4, 0.5) is 14.5 Å². The zero-order chi connectivity index (χ0) is 15.4. The first-order valence-electron chi connectivity index (χ1n) is 6.68. The van der Waals surface area contributed by atoms with Crippen molar-refractivity contribution in [2.75, 3.05) is 25.2 Å². The fraction of sp³-hybridized carbons (Fsp3) is 0.400. The van der Waals surface area contributed by atoms with Crippen molar-refractivity contribution in [2.45, 2.75) is 18.9 Å². The Morgan fingerprint density at radius 1 is 1.43 bits per heavy atom. The number of benzene rings is 1. The summed E-state index contributed by atoms with van der Waals surface area (Å²) < 4.78 is 33.4. The molecule has 0 aliphatic heterocycles. The summed E-state index contributed by atoms with van der Waals surface area (Å²) in [6.07, 6.45) is 3.82. The highest BCUT2D eigenvalue weighted by Gasteiger charge is 2.32. The van der Waals surface area contributed by atoms with Gasteiger partial charge >= 0.3 is 5.97 Å². The molecule has 0 unspecified atom stereocenters. The quantitative estimate of drug-likeness (QED) is 0.786. The van der Waals surface area contributed by atoms with Gasteiger partial charge in [0.1, 0.15) is 17.3 Å². The molecule has 0 bridgehead atoms. The number of rotatable bonds is 7. The first-order valence-corrected chi connectivity index (χ1v) is 6.68. The fourth-order valence-corrected chi connectivity index (χ4v) is 2.18. The van der Waals surface area contributed by atoms with Crippen LogP contribution in [0.2, 0.25) is 0 Å². The van der Waals surface area contributed by atoms with Crippen molar-refractivity contribution < 1.29 is 23.4 Å². The lowest BCUT2D eigenvalue weighted by Gasteiger charge is -2.25. The molecule has 1 aliphatic carbocycles. The third-order valence-electron chi connectivity index (χ3n) is 3.27. The Bertz CT molecular complexity index is 533. The summed E-state index contributed by atoms with van der Waals surface area (Å²) in [5, 5.41) is 8.54. The van der Waals surface area contributed by atoms with Crippen molar-refractivity contribution in [3.05, 3.63) is 35.4 Å². The largest absolute Gasteiger partial charge is 0.478 e. The van der Waals surface area contributed by atoms with Crippen molar-refractivity contribution in [3.8, 4) is 0 Å². The van der Waals surface area contributed by atoms with E-state index in [1.165, 1.54) is 7.11 Å². The van der Waals surface area contributed by atoms with Crippen LogP contribution in [0.1, 0.15) is 18.4 Å². The molecule has 4 nitrogen and oxygen atoms in total. The highest BCUT2D eigenvalue weighted by molar-refractivity contribution is 5.85. The average Bonchev–Trinajstić information content (AvgIpc) is 3.23. The Morgan fingerprint density at radius 3 is 2.52 bits per heavy atom. The third kappa shape index (κ3) is 4.01. The molecule has 1 N–H and O–H groups in total. The topological polar surface area (TPSA) is 49.8 Å². The molecule has 0 saturated heterocycles. The van der Waals surface area contributed by atoms with Crippen LogP contribution >= 0.6 is 0 Å². The summed E-state index contributed by atoms with van der Waals surface area (Å²) in [6.45, 7) is 0.801. The number of hydrogen-bond acceptors (Lipinski definition) is 3. The molecular formula is C15H17F2NO3. The lowest BCUT2D eigenvalue weighted by Crippen LogP contribution is -2.31. The van der Waals surface area contributed by atoms with Gasteiger partial charge in [-0.1, -0.05) is 0 Å². The van der Waals surface area contributed by atoms with Gasteiger partial charge in [0.25, 0.3) is 0 Å². The highest BCUT2D eigenvalue weighted by Crippen LogP contribution is 2.35. The zero-order valence-electron chi connectivity index (χ0n) is 11.7. The molecule has 1 aromatic carbocycles. The molecule has 0 heterocycles. The van der Waals surface area contributed by atoms with Gasteiger partial charge in [-0.2, -0.15) is 0 Å². The third-order valence-corrected chi connectivity index (χ3v) is 3.27. The van der Waals surface area contributed by atoms with Crippen molar-refractivity contribution in [2.24, 2.45) is 0 Å². The van der Waals surface area contributed by atoms with Crippen LogP contribution < -0.4 is 4.90 Å². The van der Waals surface area contributed by atoms with Gasteiger partial charge in [-0.3, -0.25) is 0 Å². The first-order chi connectivity index (χ1) is 10.0. The van der Waals surface area contributed by atoms with Crippen LogP contribution in [0, 0.1) is 11.6 Å². The van der Waals surface area contributed by atoms with E-state index in [0.717, 1.165) is 37.1 Å². The number of methoxy groups -OCH3 is 1. The predicted molar refractivity (Wildman–Crippen MR) is 75.3 cm³/mol. The van der Waals surface area contributed by atoms with Gasteiger partial charge < -0.3 is 14.7 Å². The number of ether oxygens (including phenoxy) is 1. The second-order valence-electron chi connectivity index (χ2n) is 4.92. The molecule has 0 spiro atoms. The smallest absolute Gasteiger partial charge is 0.328 e. The van der Waals surface area contributed by atoms with E-state index in [0.29, 0.717) is 13.2 Å². The van der Waals surface area contributed by atoms with Crippen molar-refractivity contribution in [3.63, 3.8) is 0 Å². The molecule has 0 aromatic heterocycles. The van der Waals surface area contributed by atoms with Gasteiger partial charge in [-0.25, -0.2) is 13.6 Å². The minimum absolute atomic E-state index is 0.0676. The number of anilines is 1. The molecule has 1 aromatic rings. The summed E-state index contributed by atoms with van der Waals surface area (Å²) in [7, 11) is 1.54. The molecular weight excluding hydrogens is 280 g/mol. The molecule has 0 amide bonds. The number of carboxylic acid groups (broad SMARTS) is 1. The summed E-state index contributed by atoms with van der Waals surface area (Å²) in [6, 6.07) is 2.42. The van der Waals surface area contributed by atoms with E-state index >= 15 is 0 Å². The Hall–Kier alpha value is -1.95. The van der Waals surface area contributed by atoms with Crippen LogP contribution in [0.5, 0.6) is 0 Å². The van der Waals surface area contributed by atoms with E-state index in [2.05, 4.69) is 0 Å². The Kier molecular flexibility index (Phi) is 4.90. The molecule has 21 heavy (non-hydrogen) atoms.